The van der Waals surface area contributed by atoms with E-state index in [1.165, 1.54) is 24.3 Å². The molecule has 100 valence electrons. The number of ether oxygens (including phenoxy) is 1. The van der Waals surface area contributed by atoms with Crippen LogP contribution < -0.4 is 10.1 Å². The minimum Gasteiger partial charge on any atom is -0.437 e. The van der Waals surface area contributed by atoms with Crippen LogP contribution in [-0.2, 0) is 0 Å². The number of pyridine rings is 1. The molecule has 0 aliphatic carbocycles. The van der Waals surface area contributed by atoms with E-state index in [-0.39, 0.29) is 16.7 Å². The number of nitrogens with one attached hydrogen (secondary N) is 1. The molecule has 1 N–H and O–H groups in total. The van der Waals surface area contributed by atoms with Gasteiger partial charge in [-0.25, -0.2) is 4.39 Å². The SMILES string of the molecule is CNc1nc(Oc2ccc(F)c(Br)c2)c(Cl)cc1Cl. The zero-order valence-electron chi connectivity index (χ0n) is 9.68. The number of rotatable bonds is 3. The van der Waals surface area contributed by atoms with Crippen LogP contribution in [0.2, 0.25) is 10.0 Å². The zero-order chi connectivity index (χ0) is 14.0. The van der Waals surface area contributed by atoms with Crippen molar-refractivity contribution in [2.45, 2.75) is 0 Å². The highest BCUT2D eigenvalue weighted by molar-refractivity contribution is 9.10. The maximum absolute atomic E-state index is 13.1. The molecule has 1 aromatic carbocycles. The maximum Gasteiger partial charge on any atom is 0.240 e. The highest BCUT2D eigenvalue weighted by Gasteiger charge is 2.11. The van der Waals surface area contributed by atoms with Crippen LogP contribution in [0, 0.1) is 5.82 Å². The number of nitrogens with zero attached hydrogens (tertiary/aromatic N) is 1. The van der Waals surface area contributed by atoms with Gasteiger partial charge in [-0.15, -0.1) is 0 Å². The standard InChI is InChI=1S/C12H8BrCl2FN2O/c1-17-11-8(14)5-9(15)12(18-11)19-6-2-3-10(16)7(13)4-6/h2-5H,1H3,(H,17,18). The van der Waals surface area contributed by atoms with Gasteiger partial charge in [0, 0.05) is 7.05 Å². The lowest BCUT2D eigenvalue weighted by molar-refractivity contribution is 0.461. The van der Waals surface area contributed by atoms with Crippen molar-refractivity contribution in [1.82, 2.24) is 4.98 Å². The van der Waals surface area contributed by atoms with E-state index in [0.717, 1.165) is 0 Å². The van der Waals surface area contributed by atoms with Gasteiger partial charge < -0.3 is 10.1 Å². The molecular formula is C12H8BrCl2FN2O. The van der Waals surface area contributed by atoms with Gasteiger partial charge in [-0.3, -0.25) is 0 Å². The van der Waals surface area contributed by atoms with E-state index >= 15 is 0 Å². The Morgan fingerprint density at radius 2 is 2.00 bits per heavy atom. The summed E-state index contributed by atoms with van der Waals surface area (Å²) in [6, 6.07) is 5.77. The van der Waals surface area contributed by atoms with Crippen molar-refractivity contribution in [3.05, 3.63) is 44.6 Å². The van der Waals surface area contributed by atoms with E-state index in [4.69, 9.17) is 27.9 Å². The summed E-state index contributed by atoms with van der Waals surface area (Å²) in [6.07, 6.45) is 0. The molecule has 0 fully saturated rings. The number of aromatic nitrogens is 1. The van der Waals surface area contributed by atoms with Crippen LogP contribution in [0.5, 0.6) is 11.6 Å². The van der Waals surface area contributed by atoms with Crippen molar-refractivity contribution in [2.24, 2.45) is 0 Å². The Balaban J connectivity index is 2.34. The topological polar surface area (TPSA) is 34.2 Å². The fourth-order valence-corrected chi connectivity index (χ4v) is 2.20. The van der Waals surface area contributed by atoms with Crippen LogP contribution in [0.25, 0.3) is 0 Å². The lowest BCUT2D eigenvalue weighted by atomic mass is 10.3. The average molecular weight is 366 g/mol. The fraction of sp³-hybridized carbons (Fsp3) is 0.0833. The number of halogens is 4. The second-order valence-corrected chi connectivity index (χ2v) is 5.20. The predicted molar refractivity (Wildman–Crippen MR) is 78.0 cm³/mol. The number of hydrogen-bond donors (Lipinski definition) is 1. The molecule has 1 aromatic heterocycles. The molecule has 3 nitrogen and oxygen atoms in total. The Morgan fingerprint density at radius 1 is 1.26 bits per heavy atom. The molecule has 0 saturated heterocycles. The Bertz CT molecular complexity index is 625. The van der Waals surface area contributed by atoms with E-state index in [0.29, 0.717) is 21.1 Å². The van der Waals surface area contributed by atoms with Crippen LogP contribution in [0.15, 0.2) is 28.7 Å². The van der Waals surface area contributed by atoms with Gasteiger partial charge in [0.1, 0.15) is 22.4 Å². The van der Waals surface area contributed by atoms with Gasteiger partial charge in [-0.1, -0.05) is 23.2 Å². The smallest absolute Gasteiger partial charge is 0.240 e. The Kier molecular flexibility index (Phi) is 4.50. The van der Waals surface area contributed by atoms with Crippen molar-refractivity contribution in [3.63, 3.8) is 0 Å². The summed E-state index contributed by atoms with van der Waals surface area (Å²) < 4.78 is 18.9. The lowest BCUT2D eigenvalue weighted by Crippen LogP contribution is -1.97. The molecule has 1 heterocycles. The van der Waals surface area contributed by atoms with Crippen molar-refractivity contribution >= 4 is 44.9 Å². The first-order chi connectivity index (χ1) is 9.01. The third-order valence-corrected chi connectivity index (χ3v) is 3.41. The van der Waals surface area contributed by atoms with Gasteiger partial charge in [0.2, 0.25) is 5.88 Å². The van der Waals surface area contributed by atoms with Crippen LogP contribution >= 0.6 is 39.1 Å². The molecule has 7 heteroatoms. The first-order valence-electron chi connectivity index (χ1n) is 5.18. The Labute approximate surface area is 127 Å². The third-order valence-electron chi connectivity index (χ3n) is 2.24. The summed E-state index contributed by atoms with van der Waals surface area (Å²) in [7, 11) is 1.68. The Morgan fingerprint density at radius 3 is 2.63 bits per heavy atom. The van der Waals surface area contributed by atoms with Crippen LogP contribution in [0.1, 0.15) is 0 Å². The molecule has 0 atom stereocenters. The molecule has 19 heavy (non-hydrogen) atoms. The molecule has 0 radical (unpaired) electrons. The number of hydrogen-bond acceptors (Lipinski definition) is 3. The van der Waals surface area contributed by atoms with Crippen LogP contribution in [0.3, 0.4) is 0 Å². The van der Waals surface area contributed by atoms with Crippen molar-refractivity contribution in [3.8, 4) is 11.6 Å². The molecule has 0 bridgehead atoms. The molecule has 2 aromatic rings. The van der Waals surface area contributed by atoms with Gasteiger partial charge in [0.05, 0.1) is 9.50 Å². The summed E-state index contributed by atoms with van der Waals surface area (Å²) in [4.78, 5) is 4.13. The summed E-state index contributed by atoms with van der Waals surface area (Å²) in [6.45, 7) is 0. The summed E-state index contributed by atoms with van der Waals surface area (Å²) in [5.41, 5.74) is 0. The van der Waals surface area contributed by atoms with E-state index in [2.05, 4.69) is 26.2 Å². The van der Waals surface area contributed by atoms with E-state index < -0.39 is 0 Å². The molecular weight excluding hydrogens is 358 g/mol. The second-order valence-electron chi connectivity index (χ2n) is 3.53. The number of benzene rings is 1. The maximum atomic E-state index is 13.1. The van der Waals surface area contributed by atoms with Gasteiger partial charge in [0.15, 0.2) is 0 Å². The van der Waals surface area contributed by atoms with Gasteiger partial charge in [-0.05, 0) is 40.2 Å². The van der Waals surface area contributed by atoms with Gasteiger partial charge in [0.25, 0.3) is 0 Å². The quantitative estimate of drug-likeness (QED) is 0.819. The normalized spacial score (nSPS) is 10.4. The first kappa shape index (κ1) is 14.4. The minimum absolute atomic E-state index is 0.189. The van der Waals surface area contributed by atoms with E-state index in [1.54, 1.807) is 7.05 Å². The molecule has 2 rings (SSSR count). The van der Waals surface area contributed by atoms with E-state index in [9.17, 15) is 4.39 Å². The molecule has 0 aliphatic heterocycles. The average Bonchev–Trinajstić information content (AvgIpc) is 2.37. The van der Waals surface area contributed by atoms with Gasteiger partial charge >= 0.3 is 0 Å². The molecule has 0 unspecified atom stereocenters. The zero-order valence-corrected chi connectivity index (χ0v) is 12.8. The fourth-order valence-electron chi connectivity index (χ4n) is 1.35. The van der Waals surface area contributed by atoms with Crippen molar-refractivity contribution in [1.29, 1.82) is 0 Å². The highest BCUT2D eigenvalue weighted by atomic mass is 79.9. The summed E-state index contributed by atoms with van der Waals surface area (Å²) in [5.74, 6) is 0.668. The van der Waals surface area contributed by atoms with Crippen molar-refractivity contribution < 1.29 is 9.13 Å². The molecule has 0 saturated carbocycles. The van der Waals surface area contributed by atoms with E-state index in [1.807, 2.05) is 0 Å². The molecule has 0 amide bonds. The Hall–Kier alpha value is -1.04. The number of anilines is 1. The predicted octanol–water partition coefficient (Wildman–Crippen LogP) is 5.12. The van der Waals surface area contributed by atoms with Crippen molar-refractivity contribution in [2.75, 3.05) is 12.4 Å². The largest absolute Gasteiger partial charge is 0.437 e. The summed E-state index contributed by atoms with van der Waals surface area (Å²) >= 11 is 15.0. The monoisotopic (exact) mass is 364 g/mol. The highest BCUT2D eigenvalue weighted by Crippen LogP contribution is 2.34. The molecule has 0 spiro atoms. The molecule has 0 aliphatic rings. The van der Waals surface area contributed by atoms with Gasteiger partial charge in [-0.2, -0.15) is 4.98 Å². The minimum atomic E-state index is -0.376. The lowest BCUT2D eigenvalue weighted by Gasteiger charge is -2.10. The second kappa shape index (κ2) is 5.94. The third kappa shape index (κ3) is 3.29. The van der Waals surface area contributed by atoms with Crippen LogP contribution in [-0.4, -0.2) is 12.0 Å². The summed E-state index contributed by atoms with van der Waals surface area (Å²) in [5, 5.41) is 3.48. The first-order valence-corrected chi connectivity index (χ1v) is 6.73. The van der Waals surface area contributed by atoms with Crippen LogP contribution in [0.4, 0.5) is 10.2 Å².